The van der Waals surface area contributed by atoms with Crippen LogP contribution in [-0.2, 0) is 9.47 Å². The first-order valence-corrected chi connectivity index (χ1v) is 9.60. The molecule has 0 N–H and O–H groups in total. The van der Waals surface area contributed by atoms with Crippen LogP contribution in [0.4, 0.5) is 11.4 Å². The standard InChI is InChI=1S/C20H25N3O4/c1-14-10-20(18-11-16(23(24)25)2-3-19(18)21-14)22-7-4-17(5-8-22)27-13-15-6-9-26-12-15/h2-3,10-11,15,17H,4-9,12-13H2,1H3. The maximum Gasteiger partial charge on any atom is 0.270 e. The number of anilines is 1. The number of hydrogen-bond acceptors (Lipinski definition) is 6. The molecule has 0 spiro atoms. The summed E-state index contributed by atoms with van der Waals surface area (Å²) in [6.07, 6.45) is 3.31. The van der Waals surface area contributed by atoms with Crippen molar-refractivity contribution >= 4 is 22.3 Å². The summed E-state index contributed by atoms with van der Waals surface area (Å²) in [6, 6.07) is 6.93. The van der Waals surface area contributed by atoms with Crippen molar-refractivity contribution in [2.24, 2.45) is 5.92 Å². The number of aryl methyl sites for hydroxylation is 1. The predicted octanol–water partition coefficient (Wildman–Crippen LogP) is 3.47. The lowest BCUT2D eigenvalue weighted by Crippen LogP contribution is -2.37. The molecule has 0 bridgehead atoms. The summed E-state index contributed by atoms with van der Waals surface area (Å²) < 4.78 is 11.5. The fourth-order valence-corrected chi connectivity index (χ4v) is 3.95. The Balaban J connectivity index is 1.47. The third-order valence-corrected chi connectivity index (χ3v) is 5.48. The van der Waals surface area contributed by atoms with Gasteiger partial charge in [0.2, 0.25) is 0 Å². The van der Waals surface area contributed by atoms with Crippen LogP contribution in [0.3, 0.4) is 0 Å². The van der Waals surface area contributed by atoms with E-state index in [2.05, 4.69) is 9.88 Å². The third-order valence-electron chi connectivity index (χ3n) is 5.48. The topological polar surface area (TPSA) is 77.7 Å². The molecule has 1 unspecified atom stereocenters. The van der Waals surface area contributed by atoms with Gasteiger partial charge in [-0.2, -0.15) is 0 Å². The number of piperidine rings is 1. The largest absolute Gasteiger partial charge is 0.381 e. The molecule has 2 aliphatic rings. The summed E-state index contributed by atoms with van der Waals surface area (Å²) >= 11 is 0. The van der Waals surface area contributed by atoms with Crippen LogP contribution >= 0.6 is 0 Å². The van der Waals surface area contributed by atoms with Crippen LogP contribution in [-0.4, -0.2) is 48.9 Å². The van der Waals surface area contributed by atoms with Crippen molar-refractivity contribution in [2.75, 3.05) is 37.8 Å². The maximum atomic E-state index is 11.2. The molecule has 1 aromatic heterocycles. The highest BCUT2D eigenvalue weighted by Crippen LogP contribution is 2.32. The van der Waals surface area contributed by atoms with Crippen LogP contribution in [0, 0.1) is 23.0 Å². The van der Waals surface area contributed by atoms with Crippen molar-refractivity contribution in [1.82, 2.24) is 4.98 Å². The van der Waals surface area contributed by atoms with E-state index in [0.29, 0.717) is 5.92 Å². The van der Waals surface area contributed by atoms with Gasteiger partial charge in [0.25, 0.3) is 5.69 Å². The van der Waals surface area contributed by atoms with Gasteiger partial charge in [-0.3, -0.25) is 15.1 Å². The number of nitro groups is 1. The maximum absolute atomic E-state index is 11.2. The Morgan fingerprint density at radius 2 is 2.11 bits per heavy atom. The summed E-state index contributed by atoms with van der Waals surface area (Å²) in [7, 11) is 0. The zero-order valence-corrected chi connectivity index (χ0v) is 15.6. The van der Waals surface area contributed by atoms with Crippen LogP contribution in [0.2, 0.25) is 0 Å². The molecule has 2 aliphatic heterocycles. The molecule has 2 aromatic rings. The highest BCUT2D eigenvalue weighted by Gasteiger charge is 2.24. The fourth-order valence-electron chi connectivity index (χ4n) is 3.95. The van der Waals surface area contributed by atoms with Crippen LogP contribution in [0.25, 0.3) is 10.9 Å². The number of rotatable bonds is 5. The normalized spacial score (nSPS) is 21.1. The van der Waals surface area contributed by atoms with E-state index in [1.165, 1.54) is 6.07 Å². The van der Waals surface area contributed by atoms with Gasteiger partial charge in [-0.1, -0.05) is 0 Å². The van der Waals surface area contributed by atoms with Gasteiger partial charge in [0.1, 0.15) is 0 Å². The summed E-state index contributed by atoms with van der Waals surface area (Å²) in [6.45, 7) is 6.19. The molecule has 0 saturated carbocycles. The minimum atomic E-state index is -0.351. The Labute approximate surface area is 158 Å². The number of nitrogens with zero attached hydrogens (tertiary/aromatic N) is 3. The smallest absolute Gasteiger partial charge is 0.270 e. The predicted molar refractivity (Wildman–Crippen MR) is 103 cm³/mol. The van der Waals surface area contributed by atoms with Gasteiger partial charge in [0.05, 0.1) is 29.8 Å². The SMILES string of the molecule is Cc1cc(N2CCC(OCC3CCOC3)CC2)c2cc([N+](=O)[O-])ccc2n1. The lowest BCUT2D eigenvalue weighted by molar-refractivity contribution is -0.384. The molecule has 0 aliphatic carbocycles. The van der Waals surface area contributed by atoms with Crippen molar-refractivity contribution in [3.05, 3.63) is 40.1 Å². The number of hydrogen-bond donors (Lipinski definition) is 0. The van der Waals surface area contributed by atoms with Gasteiger partial charge in [-0.05, 0) is 38.3 Å². The molecule has 3 heterocycles. The van der Waals surface area contributed by atoms with Crippen LogP contribution in [0.5, 0.6) is 0 Å². The molecule has 0 radical (unpaired) electrons. The van der Waals surface area contributed by atoms with E-state index in [0.717, 1.165) is 74.5 Å². The lowest BCUT2D eigenvalue weighted by atomic mass is 10.0. The van der Waals surface area contributed by atoms with E-state index in [9.17, 15) is 10.1 Å². The van der Waals surface area contributed by atoms with Crippen molar-refractivity contribution in [2.45, 2.75) is 32.3 Å². The number of ether oxygens (including phenoxy) is 2. The molecule has 7 heteroatoms. The van der Waals surface area contributed by atoms with Crippen molar-refractivity contribution in [3.63, 3.8) is 0 Å². The quantitative estimate of drug-likeness (QED) is 0.592. The van der Waals surface area contributed by atoms with Crippen LogP contribution in [0.1, 0.15) is 25.0 Å². The van der Waals surface area contributed by atoms with Gasteiger partial charge >= 0.3 is 0 Å². The number of benzene rings is 1. The average molecular weight is 371 g/mol. The fraction of sp³-hybridized carbons (Fsp3) is 0.550. The van der Waals surface area contributed by atoms with Gasteiger partial charge in [0, 0.05) is 54.5 Å². The zero-order valence-electron chi connectivity index (χ0n) is 15.6. The minimum Gasteiger partial charge on any atom is -0.381 e. The number of fused-ring (bicyclic) bond motifs is 1. The van der Waals surface area contributed by atoms with E-state index in [-0.39, 0.29) is 16.7 Å². The molecular weight excluding hydrogens is 346 g/mol. The molecule has 1 atom stereocenters. The van der Waals surface area contributed by atoms with Gasteiger partial charge in [0.15, 0.2) is 0 Å². The first-order chi connectivity index (χ1) is 13.1. The molecule has 7 nitrogen and oxygen atoms in total. The van der Waals surface area contributed by atoms with Gasteiger partial charge in [-0.15, -0.1) is 0 Å². The monoisotopic (exact) mass is 371 g/mol. The van der Waals surface area contributed by atoms with Crippen molar-refractivity contribution < 1.29 is 14.4 Å². The molecule has 4 rings (SSSR count). The van der Waals surface area contributed by atoms with Crippen molar-refractivity contribution in [1.29, 1.82) is 0 Å². The number of aromatic nitrogens is 1. The second kappa shape index (κ2) is 7.78. The first kappa shape index (κ1) is 18.1. The highest BCUT2D eigenvalue weighted by atomic mass is 16.6. The van der Waals surface area contributed by atoms with E-state index in [1.54, 1.807) is 12.1 Å². The molecule has 2 saturated heterocycles. The van der Waals surface area contributed by atoms with Gasteiger partial charge < -0.3 is 14.4 Å². The summed E-state index contributed by atoms with van der Waals surface area (Å²) in [5.41, 5.74) is 2.86. The molecule has 2 fully saturated rings. The van der Waals surface area contributed by atoms with E-state index in [1.807, 2.05) is 13.0 Å². The van der Waals surface area contributed by atoms with Crippen LogP contribution in [0.15, 0.2) is 24.3 Å². The molecule has 27 heavy (non-hydrogen) atoms. The second-order valence-corrected chi connectivity index (χ2v) is 7.49. The summed E-state index contributed by atoms with van der Waals surface area (Å²) in [4.78, 5) is 17.7. The van der Waals surface area contributed by atoms with E-state index >= 15 is 0 Å². The molecule has 1 aromatic carbocycles. The molecular formula is C20H25N3O4. The van der Waals surface area contributed by atoms with E-state index in [4.69, 9.17) is 9.47 Å². The zero-order chi connectivity index (χ0) is 18.8. The average Bonchev–Trinajstić information content (AvgIpc) is 3.19. The number of nitro benzene ring substituents is 1. The lowest BCUT2D eigenvalue weighted by Gasteiger charge is -2.34. The minimum absolute atomic E-state index is 0.103. The Morgan fingerprint density at radius 1 is 1.30 bits per heavy atom. The summed E-state index contributed by atoms with van der Waals surface area (Å²) in [5, 5.41) is 12.0. The second-order valence-electron chi connectivity index (χ2n) is 7.49. The Morgan fingerprint density at radius 3 is 2.81 bits per heavy atom. The molecule has 0 amide bonds. The summed E-state index contributed by atoms with van der Waals surface area (Å²) in [5.74, 6) is 0.537. The number of pyridine rings is 1. The van der Waals surface area contributed by atoms with E-state index < -0.39 is 0 Å². The Kier molecular flexibility index (Phi) is 5.22. The number of non-ortho nitro benzene ring substituents is 1. The molecule has 144 valence electrons. The Hall–Kier alpha value is -2.25. The Bertz CT molecular complexity index is 827. The van der Waals surface area contributed by atoms with Gasteiger partial charge in [-0.25, -0.2) is 0 Å². The first-order valence-electron chi connectivity index (χ1n) is 9.60. The van der Waals surface area contributed by atoms with Crippen LogP contribution < -0.4 is 4.90 Å². The van der Waals surface area contributed by atoms with Crippen molar-refractivity contribution in [3.8, 4) is 0 Å². The third kappa shape index (κ3) is 4.04. The highest BCUT2D eigenvalue weighted by molar-refractivity contribution is 5.93.